The molecule has 0 spiro atoms. The van der Waals surface area contributed by atoms with Gasteiger partial charge in [-0.15, -0.1) is 0 Å². The van der Waals surface area contributed by atoms with Gasteiger partial charge < -0.3 is 5.11 Å². The van der Waals surface area contributed by atoms with E-state index < -0.39 is 5.54 Å². The van der Waals surface area contributed by atoms with Crippen LogP contribution in [0.4, 0.5) is 0 Å². The molecule has 1 atom stereocenters. The van der Waals surface area contributed by atoms with Gasteiger partial charge in [-0.05, 0) is 6.42 Å². The van der Waals surface area contributed by atoms with Gasteiger partial charge in [0.05, 0.1) is 1.37 Å². The maximum Gasteiger partial charge on any atom is 0.127 e. The molecule has 1 N–H and O–H groups in total. The highest BCUT2D eigenvalue weighted by molar-refractivity contribution is 6.19. The van der Waals surface area contributed by atoms with Crippen molar-refractivity contribution >= 4 is 11.6 Å². The first-order chi connectivity index (χ1) is 2.56. The van der Waals surface area contributed by atoms with Gasteiger partial charge in [0.1, 0.15) is 5.54 Å². The Bertz CT molecular complexity index is 40.5. The van der Waals surface area contributed by atoms with E-state index in [2.05, 4.69) is 0 Å². The molecule has 0 amide bonds. The summed E-state index contributed by atoms with van der Waals surface area (Å²) in [6.07, 6.45) is 0.258. The molecular formula is C3H7ClO. The Labute approximate surface area is 38.0 Å². The molecule has 2 heteroatoms. The van der Waals surface area contributed by atoms with Gasteiger partial charge in [0, 0.05) is 0 Å². The molecule has 0 aliphatic carbocycles. The molecule has 0 aromatic heterocycles. The molecule has 5 heavy (non-hydrogen) atoms. The smallest absolute Gasteiger partial charge is 0.127 e. The van der Waals surface area contributed by atoms with Gasteiger partial charge in [-0.3, -0.25) is 0 Å². The van der Waals surface area contributed by atoms with Crippen LogP contribution < -0.4 is 0 Å². The molecule has 1 unspecified atom stereocenters. The number of halogens is 1. The second-order valence-corrected chi connectivity index (χ2v) is 1.17. The van der Waals surface area contributed by atoms with E-state index >= 15 is 0 Å². The third kappa shape index (κ3) is 4.25. The second kappa shape index (κ2) is 2.49. The lowest BCUT2D eigenvalue weighted by Gasteiger charge is -1.87. The Morgan fingerprint density at radius 3 is 2.60 bits per heavy atom. The lowest BCUT2D eigenvalue weighted by molar-refractivity contribution is 0.252. The maximum atomic E-state index is 8.26. The Hall–Kier alpha value is 0.250. The highest BCUT2D eigenvalue weighted by Crippen LogP contribution is 1.91. The number of hydrogen-bond donors (Lipinski definition) is 1. The molecule has 0 heterocycles. The minimum atomic E-state index is -1.74. The van der Waals surface area contributed by atoms with Crippen LogP contribution in [0.3, 0.4) is 0 Å². The highest BCUT2D eigenvalue weighted by Gasteiger charge is 1.85. The Morgan fingerprint density at radius 2 is 2.60 bits per heavy atom. The molecule has 0 aliphatic rings. The second-order valence-electron chi connectivity index (χ2n) is 0.730. The van der Waals surface area contributed by atoms with Gasteiger partial charge in [0.15, 0.2) is 0 Å². The Kier molecular flexibility index (Phi) is 1.71. The molecule has 0 aromatic rings. The number of rotatable bonds is 1. The van der Waals surface area contributed by atoms with Crippen molar-refractivity contribution in [1.82, 2.24) is 0 Å². The van der Waals surface area contributed by atoms with Crippen LogP contribution in [0, 0.1) is 0 Å². The zero-order valence-electron chi connectivity index (χ0n) is 4.03. The predicted octanol–water partition coefficient (Wildman–Crippen LogP) is 0.954. The van der Waals surface area contributed by atoms with Crippen molar-refractivity contribution in [3.8, 4) is 0 Å². The van der Waals surface area contributed by atoms with Gasteiger partial charge in [0.2, 0.25) is 0 Å². The number of alkyl halides is 1. The monoisotopic (exact) mass is 95.0 g/mol. The van der Waals surface area contributed by atoms with Gasteiger partial charge in [0.25, 0.3) is 0 Å². The molecule has 0 aromatic carbocycles. The van der Waals surface area contributed by atoms with Crippen molar-refractivity contribution in [2.75, 3.05) is 0 Å². The lowest BCUT2D eigenvalue weighted by atomic mass is 10.5. The summed E-state index contributed by atoms with van der Waals surface area (Å²) < 4.78 is 6.50. The molecule has 0 rings (SSSR count). The molecule has 1 nitrogen and oxygen atoms in total. The lowest BCUT2D eigenvalue weighted by Crippen LogP contribution is -1.88. The van der Waals surface area contributed by atoms with E-state index in [9.17, 15) is 0 Å². The quantitative estimate of drug-likeness (QED) is 0.481. The molecule has 0 aliphatic heterocycles. The van der Waals surface area contributed by atoms with Crippen LogP contribution in [0.15, 0.2) is 0 Å². The summed E-state index contributed by atoms with van der Waals surface area (Å²) in [6, 6.07) is 0. The summed E-state index contributed by atoms with van der Waals surface area (Å²) in [4.78, 5) is 0. The van der Waals surface area contributed by atoms with Crippen LogP contribution in [-0.4, -0.2) is 10.6 Å². The van der Waals surface area contributed by atoms with Crippen LogP contribution >= 0.6 is 11.6 Å². The molecule has 0 bridgehead atoms. The van der Waals surface area contributed by atoms with E-state index in [1.54, 1.807) is 6.92 Å². The van der Waals surface area contributed by atoms with Crippen molar-refractivity contribution in [2.45, 2.75) is 18.9 Å². The average molecular weight is 95.5 g/mol. The normalized spacial score (nSPS) is 24.2. The van der Waals surface area contributed by atoms with Crippen molar-refractivity contribution in [3.63, 3.8) is 0 Å². The van der Waals surface area contributed by atoms with Crippen LogP contribution in [0.2, 0.25) is 0 Å². The van der Waals surface area contributed by atoms with Gasteiger partial charge in [-0.1, -0.05) is 18.5 Å². The number of hydrogen-bond acceptors (Lipinski definition) is 1. The predicted molar refractivity (Wildman–Crippen MR) is 22.2 cm³/mol. The topological polar surface area (TPSA) is 20.2 Å². The SMILES string of the molecule is [2H]C(O)(Cl)CC. The standard InChI is InChI=1S/C3H7ClO/c1-2-3(4)5/h3,5H,2H2,1H3/i3D. The van der Waals surface area contributed by atoms with Crippen LogP contribution in [0.1, 0.15) is 14.7 Å². The number of aliphatic hydroxyl groups is 1. The van der Waals surface area contributed by atoms with Crippen molar-refractivity contribution in [1.29, 1.82) is 0 Å². The van der Waals surface area contributed by atoms with E-state index in [4.69, 9.17) is 18.1 Å². The van der Waals surface area contributed by atoms with Crippen LogP contribution in [0.25, 0.3) is 0 Å². The molecular weight excluding hydrogens is 87.5 g/mol. The summed E-state index contributed by atoms with van der Waals surface area (Å²) in [5.74, 6) is 0. The van der Waals surface area contributed by atoms with E-state index in [-0.39, 0.29) is 6.42 Å². The zero-order chi connectivity index (χ0) is 5.21. The minimum Gasteiger partial charge on any atom is -0.378 e. The third-order valence-corrected chi connectivity index (χ3v) is 0.559. The largest absolute Gasteiger partial charge is 0.378 e. The molecule has 0 saturated heterocycles. The average Bonchev–Trinajstić information content (AvgIpc) is 1.35. The maximum absolute atomic E-state index is 8.26. The zero-order valence-corrected chi connectivity index (χ0v) is 3.79. The fourth-order valence-corrected chi connectivity index (χ4v) is 0. The van der Waals surface area contributed by atoms with Crippen molar-refractivity contribution in [2.24, 2.45) is 0 Å². The fraction of sp³-hybridized carbons (Fsp3) is 1.00. The van der Waals surface area contributed by atoms with E-state index in [1.807, 2.05) is 0 Å². The first-order valence-electron chi connectivity index (χ1n) is 1.97. The molecule has 0 saturated carbocycles. The van der Waals surface area contributed by atoms with Gasteiger partial charge in [-0.2, -0.15) is 0 Å². The van der Waals surface area contributed by atoms with E-state index in [0.29, 0.717) is 0 Å². The summed E-state index contributed by atoms with van der Waals surface area (Å²) in [7, 11) is 0. The van der Waals surface area contributed by atoms with E-state index in [1.165, 1.54) is 0 Å². The van der Waals surface area contributed by atoms with Gasteiger partial charge >= 0.3 is 0 Å². The fourth-order valence-electron chi connectivity index (χ4n) is 0. The highest BCUT2D eigenvalue weighted by atomic mass is 35.5. The molecule has 0 fully saturated rings. The molecule has 0 radical (unpaired) electrons. The van der Waals surface area contributed by atoms with E-state index in [0.717, 1.165) is 0 Å². The van der Waals surface area contributed by atoms with Crippen LogP contribution in [-0.2, 0) is 0 Å². The minimum absolute atomic E-state index is 0.258. The Balaban J connectivity index is 3.17. The molecule has 32 valence electrons. The Morgan fingerprint density at radius 1 is 2.40 bits per heavy atom. The first-order valence-corrected chi connectivity index (χ1v) is 1.85. The summed E-state index contributed by atoms with van der Waals surface area (Å²) >= 11 is 4.94. The van der Waals surface area contributed by atoms with Crippen molar-refractivity contribution < 1.29 is 6.48 Å². The van der Waals surface area contributed by atoms with Gasteiger partial charge in [-0.25, -0.2) is 0 Å². The summed E-state index contributed by atoms with van der Waals surface area (Å²) in [5, 5.41) is 8.26. The first kappa shape index (κ1) is 3.44. The third-order valence-electron chi connectivity index (χ3n) is 0.292. The summed E-state index contributed by atoms with van der Waals surface area (Å²) in [5.41, 5.74) is -1.74. The summed E-state index contributed by atoms with van der Waals surface area (Å²) in [6.45, 7) is 1.64. The van der Waals surface area contributed by atoms with Crippen LogP contribution in [0.5, 0.6) is 0 Å². The van der Waals surface area contributed by atoms with Crippen molar-refractivity contribution in [3.05, 3.63) is 0 Å².